The SMILES string of the molecule is CC(=O)CC(C)C1(C)CCC2(C)C3=CCC4C(C)(C)C(=O)CCC4(C)C3CC=C21. The van der Waals surface area contributed by atoms with Crippen molar-refractivity contribution in [3.05, 3.63) is 23.3 Å². The van der Waals surface area contributed by atoms with Crippen LogP contribution >= 0.6 is 0 Å². The van der Waals surface area contributed by atoms with Gasteiger partial charge in [0.25, 0.3) is 0 Å². The summed E-state index contributed by atoms with van der Waals surface area (Å²) in [6.45, 7) is 15.8. The number of rotatable bonds is 3. The highest BCUT2D eigenvalue weighted by atomic mass is 16.1. The van der Waals surface area contributed by atoms with Crippen LogP contribution in [0.3, 0.4) is 0 Å². The molecule has 0 radical (unpaired) electrons. The summed E-state index contributed by atoms with van der Waals surface area (Å²) in [5, 5.41) is 0. The molecule has 2 nitrogen and oxygen atoms in total. The maximum Gasteiger partial charge on any atom is 0.138 e. The molecule has 29 heavy (non-hydrogen) atoms. The molecule has 0 bridgehead atoms. The molecule has 160 valence electrons. The summed E-state index contributed by atoms with van der Waals surface area (Å²) in [4.78, 5) is 24.6. The molecule has 4 rings (SSSR count). The lowest BCUT2D eigenvalue weighted by Gasteiger charge is -2.59. The van der Waals surface area contributed by atoms with E-state index in [2.05, 4.69) is 53.7 Å². The fourth-order valence-corrected chi connectivity index (χ4v) is 8.20. The van der Waals surface area contributed by atoms with Crippen LogP contribution in [0.5, 0.6) is 0 Å². The largest absolute Gasteiger partial charge is 0.300 e. The Morgan fingerprint density at radius 3 is 2.41 bits per heavy atom. The van der Waals surface area contributed by atoms with Gasteiger partial charge in [-0.3, -0.25) is 4.79 Å². The maximum atomic E-state index is 12.7. The molecule has 0 amide bonds. The van der Waals surface area contributed by atoms with Gasteiger partial charge in [-0.15, -0.1) is 0 Å². The monoisotopic (exact) mass is 396 g/mol. The van der Waals surface area contributed by atoms with Gasteiger partial charge in [0.2, 0.25) is 0 Å². The maximum absolute atomic E-state index is 12.7. The predicted octanol–water partition coefficient (Wildman–Crippen LogP) is 6.70. The predicted molar refractivity (Wildman–Crippen MR) is 118 cm³/mol. The number of carbonyl (C=O) groups is 2. The van der Waals surface area contributed by atoms with Gasteiger partial charge in [0.05, 0.1) is 0 Å². The van der Waals surface area contributed by atoms with Crippen LogP contribution in [0.4, 0.5) is 0 Å². The van der Waals surface area contributed by atoms with Crippen LogP contribution in [0.2, 0.25) is 0 Å². The van der Waals surface area contributed by atoms with E-state index in [4.69, 9.17) is 0 Å². The summed E-state index contributed by atoms with van der Waals surface area (Å²) >= 11 is 0. The minimum atomic E-state index is -0.208. The molecule has 6 atom stereocenters. The lowest BCUT2D eigenvalue weighted by molar-refractivity contribution is -0.143. The lowest BCUT2D eigenvalue weighted by Crippen LogP contribution is -2.54. The van der Waals surface area contributed by atoms with Crippen molar-refractivity contribution in [1.82, 2.24) is 0 Å². The van der Waals surface area contributed by atoms with E-state index in [9.17, 15) is 9.59 Å². The van der Waals surface area contributed by atoms with Crippen LogP contribution in [0, 0.1) is 39.4 Å². The Morgan fingerprint density at radius 1 is 1.07 bits per heavy atom. The van der Waals surface area contributed by atoms with Gasteiger partial charge in [-0.1, -0.05) is 64.8 Å². The van der Waals surface area contributed by atoms with Gasteiger partial charge in [0, 0.05) is 23.7 Å². The third kappa shape index (κ3) is 2.73. The molecule has 0 aromatic rings. The van der Waals surface area contributed by atoms with Crippen LogP contribution < -0.4 is 0 Å². The Hall–Kier alpha value is -1.18. The van der Waals surface area contributed by atoms with Crippen molar-refractivity contribution < 1.29 is 9.59 Å². The number of hydrogen-bond acceptors (Lipinski definition) is 2. The van der Waals surface area contributed by atoms with E-state index in [1.54, 1.807) is 18.1 Å². The topological polar surface area (TPSA) is 34.1 Å². The van der Waals surface area contributed by atoms with E-state index in [0.29, 0.717) is 35.7 Å². The van der Waals surface area contributed by atoms with Crippen LogP contribution in [-0.2, 0) is 9.59 Å². The van der Waals surface area contributed by atoms with E-state index in [-0.39, 0.29) is 21.7 Å². The first-order valence-corrected chi connectivity index (χ1v) is 11.8. The molecule has 0 spiro atoms. The third-order valence-electron chi connectivity index (χ3n) is 10.3. The van der Waals surface area contributed by atoms with Crippen molar-refractivity contribution >= 4 is 11.6 Å². The Morgan fingerprint density at radius 2 is 1.76 bits per heavy atom. The molecule has 4 aliphatic rings. The molecule has 2 heteroatoms. The van der Waals surface area contributed by atoms with E-state index in [0.717, 1.165) is 25.7 Å². The Balaban J connectivity index is 1.74. The number of allylic oxidation sites excluding steroid dienone is 4. The molecular formula is C27H40O2. The molecule has 2 saturated carbocycles. The average Bonchev–Trinajstić information content (AvgIpc) is 2.91. The standard InChI is InChI=1S/C27H40O2/c1-17(16-18(2)28)25(5)14-15-27(7)20-8-10-21-24(3,4)23(29)12-13-26(21,6)19(20)9-11-22(25)27/h8,11,17,19,21H,9-10,12-16H2,1-7H3. The Labute approximate surface area is 177 Å². The van der Waals surface area contributed by atoms with Crippen molar-refractivity contribution in [2.75, 3.05) is 0 Å². The minimum Gasteiger partial charge on any atom is -0.300 e. The summed E-state index contributed by atoms with van der Waals surface area (Å²) in [7, 11) is 0. The van der Waals surface area contributed by atoms with Gasteiger partial charge in [-0.2, -0.15) is 0 Å². The zero-order valence-corrected chi connectivity index (χ0v) is 19.7. The molecule has 0 aromatic heterocycles. The summed E-state index contributed by atoms with van der Waals surface area (Å²) in [6.07, 6.45) is 12.1. The second-order valence-electron chi connectivity index (χ2n) is 12.1. The summed E-state index contributed by atoms with van der Waals surface area (Å²) in [5.41, 5.74) is 3.55. The molecule has 0 aromatic carbocycles. The van der Waals surface area contributed by atoms with E-state index < -0.39 is 0 Å². The lowest BCUT2D eigenvalue weighted by atomic mass is 9.44. The van der Waals surface area contributed by atoms with Gasteiger partial charge in [0.1, 0.15) is 11.6 Å². The highest BCUT2D eigenvalue weighted by Crippen LogP contribution is 2.69. The normalized spacial score (nSPS) is 44.2. The van der Waals surface area contributed by atoms with Crippen molar-refractivity contribution in [2.24, 2.45) is 39.4 Å². The minimum absolute atomic E-state index is 0.131. The second-order valence-corrected chi connectivity index (χ2v) is 12.1. The highest BCUT2D eigenvalue weighted by Gasteiger charge is 2.61. The number of carbonyl (C=O) groups excluding carboxylic acids is 2. The van der Waals surface area contributed by atoms with Crippen LogP contribution in [0.25, 0.3) is 0 Å². The number of fused-ring (bicyclic) bond motifs is 5. The Kier molecular flexibility index (Phi) is 4.66. The number of hydrogen-bond donors (Lipinski definition) is 0. The quantitative estimate of drug-likeness (QED) is 0.498. The van der Waals surface area contributed by atoms with E-state index in [1.807, 2.05) is 0 Å². The van der Waals surface area contributed by atoms with Crippen LogP contribution in [0.15, 0.2) is 23.3 Å². The van der Waals surface area contributed by atoms with E-state index in [1.165, 1.54) is 12.8 Å². The molecule has 0 aliphatic heterocycles. The molecular weight excluding hydrogens is 356 g/mol. The first-order valence-electron chi connectivity index (χ1n) is 11.8. The van der Waals surface area contributed by atoms with Crippen LogP contribution in [0.1, 0.15) is 93.4 Å². The van der Waals surface area contributed by atoms with Gasteiger partial charge in [0.15, 0.2) is 0 Å². The van der Waals surface area contributed by atoms with Crippen molar-refractivity contribution in [3.8, 4) is 0 Å². The van der Waals surface area contributed by atoms with Crippen molar-refractivity contribution in [1.29, 1.82) is 0 Å². The second kappa shape index (κ2) is 6.41. The summed E-state index contributed by atoms with van der Waals surface area (Å²) in [5.74, 6) is 2.17. The highest BCUT2D eigenvalue weighted by molar-refractivity contribution is 5.85. The number of ketones is 2. The van der Waals surface area contributed by atoms with Gasteiger partial charge >= 0.3 is 0 Å². The van der Waals surface area contributed by atoms with Crippen LogP contribution in [-0.4, -0.2) is 11.6 Å². The van der Waals surface area contributed by atoms with Crippen molar-refractivity contribution in [3.63, 3.8) is 0 Å². The summed E-state index contributed by atoms with van der Waals surface area (Å²) in [6, 6.07) is 0. The van der Waals surface area contributed by atoms with Gasteiger partial charge in [-0.05, 0) is 67.6 Å². The average molecular weight is 397 g/mol. The first kappa shape index (κ1) is 21.1. The Bertz CT molecular complexity index is 814. The summed E-state index contributed by atoms with van der Waals surface area (Å²) < 4.78 is 0. The third-order valence-corrected chi connectivity index (χ3v) is 10.3. The molecule has 0 saturated heterocycles. The van der Waals surface area contributed by atoms with Crippen molar-refractivity contribution in [2.45, 2.75) is 93.4 Å². The molecule has 4 aliphatic carbocycles. The fraction of sp³-hybridized carbons (Fsp3) is 0.778. The zero-order chi connectivity index (χ0) is 21.4. The van der Waals surface area contributed by atoms with Gasteiger partial charge < -0.3 is 4.79 Å². The first-order chi connectivity index (χ1) is 13.4. The van der Waals surface area contributed by atoms with E-state index >= 15 is 0 Å². The molecule has 0 N–H and O–H groups in total. The molecule has 6 unspecified atom stereocenters. The zero-order valence-electron chi connectivity index (χ0n) is 19.7. The molecule has 2 fully saturated rings. The fourth-order valence-electron chi connectivity index (χ4n) is 8.20. The number of Topliss-reactive ketones (excluding diaryl/α,β-unsaturated/α-hetero) is 2. The smallest absolute Gasteiger partial charge is 0.138 e. The van der Waals surface area contributed by atoms with Gasteiger partial charge in [-0.25, -0.2) is 0 Å². The molecule has 0 heterocycles.